The zero-order chi connectivity index (χ0) is 18.4. The van der Waals surface area contributed by atoms with Crippen LogP contribution in [0, 0.1) is 11.3 Å². The zero-order valence-corrected chi connectivity index (χ0v) is 14.4. The van der Waals surface area contributed by atoms with Gasteiger partial charge in [0.15, 0.2) is 5.82 Å². The summed E-state index contributed by atoms with van der Waals surface area (Å²) in [4.78, 5) is -0.0362. The van der Waals surface area contributed by atoms with Crippen LogP contribution in [0.5, 0.6) is 0 Å². The number of hydrogen-bond acceptors (Lipinski definition) is 7. The van der Waals surface area contributed by atoms with Gasteiger partial charge in [0.25, 0.3) is 0 Å². The third-order valence-corrected chi connectivity index (χ3v) is 4.93. The normalized spacial score (nSPS) is 11.0. The highest BCUT2D eigenvalue weighted by Gasteiger charge is 2.17. The van der Waals surface area contributed by atoms with Crippen molar-refractivity contribution in [3.63, 3.8) is 0 Å². The Kier molecular flexibility index (Phi) is 5.21. The maximum atomic E-state index is 12.3. The van der Waals surface area contributed by atoms with Gasteiger partial charge in [-0.3, -0.25) is 0 Å². The third-order valence-electron chi connectivity index (χ3n) is 3.41. The van der Waals surface area contributed by atoms with Crippen molar-refractivity contribution < 1.29 is 8.42 Å². The van der Waals surface area contributed by atoms with Crippen LogP contribution >= 0.6 is 0 Å². The van der Waals surface area contributed by atoms with E-state index in [-0.39, 0.29) is 17.0 Å². The molecule has 2 aromatic heterocycles. The molecule has 0 bridgehead atoms. The number of aromatic nitrogens is 4. The first kappa shape index (κ1) is 17.5. The van der Waals surface area contributed by atoms with Gasteiger partial charge in [0, 0.05) is 25.5 Å². The molecule has 0 saturated heterocycles. The predicted molar refractivity (Wildman–Crippen MR) is 94.0 cm³/mol. The van der Waals surface area contributed by atoms with Crippen LogP contribution in [-0.2, 0) is 10.0 Å². The molecule has 26 heavy (non-hydrogen) atoms. The molecule has 0 unspecified atom stereocenters. The fraction of sp³-hybridized carbons (Fsp3) is 0.125. The minimum Gasteiger partial charge on any atom is -0.367 e. The molecule has 3 aromatic rings. The Morgan fingerprint density at radius 1 is 1.08 bits per heavy atom. The Bertz CT molecular complexity index is 1010. The van der Waals surface area contributed by atoms with Crippen LogP contribution < -0.4 is 10.0 Å². The van der Waals surface area contributed by atoms with Crippen LogP contribution in [0.25, 0.3) is 5.82 Å². The minimum atomic E-state index is -3.75. The number of nitriles is 1. The SMILES string of the molecule is N#Cc1ccccc1S(=O)(=O)NCCNc1ccc(-n2cccn2)nn1. The van der Waals surface area contributed by atoms with Crippen molar-refractivity contribution >= 4 is 15.8 Å². The number of hydrogen-bond donors (Lipinski definition) is 2. The van der Waals surface area contributed by atoms with Crippen LogP contribution in [0.1, 0.15) is 5.56 Å². The Hall–Kier alpha value is -3.29. The summed E-state index contributed by atoms with van der Waals surface area (Å²) in [7, 11) is -3.75. The minimum absolute atomic E-state index is 0.0362. The van der Waals surface area contributed by atoms with E-state index in [0.29, 0.717) is 18.2 Å². The lowest BCUT2D eigenvalue weighted by molar-refractivity contribution is 0.582. The van der Waals surface area contributed by atoms with Gasteiger partial charge >= 0.3 is 0 Å². The summed E-state index contributed by atoms with van der Waals surface area (Å²) in [6.45, 7) is 0.439. The molecule has 1 aromatic carbocycles. The summed E-state index contributed by atoms with van der Waals surface area (Å²) in [5.41, 5.74) is 0.105. The number of rotatable bonds is 7. The Morgan fingerprint density at radius 2 is 1.92 bits per heavy atom. The van der Waals surface area contributed by atoms with E-state index >= 15 is 0 Å². The number of nitrogens with one attached hydrogen (secondary N) is 2. The van der Waals surface area contributed by atoms with Gasteiger partial charge in [-0.25, -0.2) is 17.8 Å². The van der Waals surface area contributed by atoms with Gasteiger partial charge in [0.1, 0.15) is 11.9 Å². The lowest BCUT2D eigenvalue weighted by atomic mass is 10.2. The molecule has 0 saturated carbocycles. The molecule has 0 atom stereocenters. The topological polar surface area (TPSA) is 126 Å². The van der Waals surface area contributed by atoms with Crippen LogP contribution in [0.3, 0.4) is 0 Å². The lowest BCUT2D eigenvalue weighted by Gasteiger charge is -2.09. The summed E-state index contributed by atoms with van der Waals surface area (Å²) in [6, 6.07) is 13.2. The molecule has 2 heterocycles. The van der Waals surface area contributed by atoms with E-state index in [9.17, 15) is 8.42 Å². The van der Waals surface area contributed by atoms with Gasteiger partial charge in [-0.1, -0.05) is 12.1 Å². The van der Waals surface area contributed by atoms with Gasteiger partial charge < -0.3 is 5.32 Å². The molecule has 0 radical (unpaired) electrons. The van der Waals surface area contributed by atoms with Gasteiger partial charge in [-0.2, -0.15) is 10.4 Å². The fourth-order valence-corrected chi connectivity index (χ4v) is 3.38. The smallest absolute Gasteiger partial charge is 0.241 e. The van der Waals surface area contributed by atoms with E-state index in [1.54, 1.807) is 47.4 Å². The number of anilines is 1. The average Bonchev–Trinajstić information content (AvgIpc) is 3.20. The van der Waals surface area contributed by atoms with Crippen LogP contribution in [-0.4, -0.2) is 41.5 Å². The molecule has 10 heteroatoms. The Balaban J connectivity index is 1.55. The molecule has 2 N–H and O–H groups in total. The molecule has 0 aliphatic heterocycles. The second-order valence-corrected chi connectivity index (χ2v) is 6.90. The van der Waals surface area contributed by atoms with Crippen molar-refractivity contribution in [2.75, 3.05) is 18.4 Å². The average molecular weight is 369 g/mol. The van der Waals surface area contributed by atoms with Crippen LogP contribution in [0.2, 0.25) is 0 Å². The Labute approximate surface area is 150 Å². The summed E-state index contributed by atoms with van der Waals surface area (Å²) in [6.07, 6.45) is 3.40. The van der Waals surface area contributed by atoms with Crippen LogP contribution in [0.15, 0.2) is 59.8 Å². The number of sulfonamides is 1. The van der Waals surface area contributed by atoms with Gasteiger partial charge in [-0.05, 0) is 30.3 Å². The van der Waals surface area contributed by atoms with Gasteiger partial charge in [0.2, 0.25) is 10.0 Å². The van der Waals surface area contributed by atoms with Gasteiger partial charge in [0.05, 0.1) is 10.5 Å². The molecule has 9 nitrogen and oxygen atoms in total. The highest BCUT2D eigenvalue weighted by atomic mass is 32.2. The molecule has 0 aliphatic rings. The van der Waals surface area contributed by atoms with Crippen LogP contribution in [0.4, 0.5) is 5.82 Å². The highest BCUT2D eigenvalue weighted by Crippen LogP contribution is 2.13. The second-order valence-electron chi connectivity index (χ2n) is 5.16. The maximum absolute atomic E-state index is 12.3. The molecule has 3 rings (SSSR count). The third kappa shape index (κ3) is 4.02. The molecule has 0 aliphatic carbocycles. The molecule has 0 fully saturated rings. The van der Waals surface area contributed by atoms with E-state index in [0.717, 1.165) is 0 Å². The first-order valence-electron chi connectivity index (χ1n) is 7.66. The van der Waals surface area contributed by atoms with E-state index in [1.807, 2.05) is 6.07 Å². The number of benzene rings is 1. The zero-order valence-electron chi connectivity index (χ0n) is 13.6. The summed E-state index contributed by atoms with van der Waals surface area (Å²) in [5.74, 6) is 1.09. The largest absolute Gasteiger partial charge is 0.367 e. The molecular formula is C16H15N7O2S. The predicted octanol–water partition coefficient (Wildman–Crippen LogP) is 0.924. The summed E-state index contributed by atoms with van der Waals surface area (Å²) < 4.78 is 28.6. The monoisotopic (exact) mass is 369 g/mol. The second kappa shape index (κ2) is 7.73. The van der Waals surface area contributed by atoms with Crippen molar-refractivity contribution in [1.29, 1.82) is 5.26 Å². The highest BCUT2D eigenvalue weighted by molar-refractivity contribution is 7.89. The van der Waals surface area contributed by atoms with Crippen molar-refractivity contribution in [3.8, 4) is 11.9 Å². The first-order valence-corrected chi connectivity index (χ1v) is 9.15. The van der Waals surface area contributed by atoms with Crippen molar-refractivity contribution in [3.05, 3.63) is 60.4 Å². The quantitative estimate of drug-likeness (QED) is 0.593. The van der Waals surface area contributed by atoms with E-state index in [4.69, 9.17) is 5.26 Å². The van der Waals surface area contributed by atoms with E-state index in [1.165, 1.54) is 12.1 Å². The first-order chi connectivity index (χ1) is 12.6. The molecule has 132 valence electrons. The maximum Gasteiger partial charge on any atom is 0.241 e. The molecular weight excluding hydrogens is 354 g/mol. The molecule has 0 amide bonds. The standard InChI is InChI=1S/C16H15N7O2S/c17-12-13-4-1-2-5-14(13)26(24,25)20-10-9-18-15-6-7-16(22-21-15)23-11-3-8-19-23/h1-8,11,20H,9-10H2,(H,18,21). The van der Waals surface area contributed by atoms with Crippen molar-refractivity contribution in [1.82, 2.24) is 24.7 Å². The van der Waals surface area contributed by atoms with Crippen molar-refractivity contribution in [2.45, 2.75) is 4.90 Å². The lowest BCUT2D eigenvalue weighted by Crippen LogP contribution is -2.29. The van der Waals surface area contributed by atoms with Gasteiger partial charge in [-0.15, -0.1) is 10.2 Å². The summed E-state index contributed by atoms with van der Waals surface area (Å²) >= 11 is 0. The van der Waals surface area contributed by atoms with Crippen molar-refractivity contribution in [2.24, 2.45) is 0 Å². The fourth-order valence-electron chi connectivity index (χ4n) is 2.19. The molecule has 0 spiro atoms. The summed E-state index contributed by atoms with van der Waals surface area (Å²) in [5, 5.41) is 24.1. The van der Waals surface area contributed by atoms with E-state index < -0.39 is 10.0 Å². The van der Waals surface area contributed by atoms with E-state index in [2.05, 4.69) is 25.3 Å². The number of nitrogens with zero attached hydrogens (tertiary/aromatic N) is 5. The Morgan fingerprint density at radius 3 is 2.62 bits per heavy atom.